The molecule has 0 bridgehead atoms. The molecule has 6 heteroatoms. The van der Waals surface area contributed by atoms with Gasteiger partial charge in [0, 0.05) is 0 Å². The van der Waals surface area contributed by atoms with Crippen LogP contribution in [0.2, 0.25) is 0 Å². The predicted molar refractivity (Wildman–Crippen MR) is 82.8 cm³/mol. The molecule has 20 heavy (non-hydrogen) atoms. The zero-order valence-electron chi connectivity index (χ0n) is 10.8. The third-order valence-corrected chi connectivity index (χ3v) is 4.05. The van der Waals surface area contributed by atoms with Gasteiger partial charge in [0.15, 0.2) is 0 Å². The molecule has 104 valence electrons. The minimum absolute atomic E-state index is 0.308. The predicted octanol–water partition coefficient (Wildman–Crippen LogP) is 2.09. The van der Waals surface area contributed by atoms with Gasteiger partial charge in [0.2, 0.25) is 0 Å². The van der Waals surface area contributed by atoms with Gasteiger partial charge in [-0.3, -0.25) is 9.59 Å². The van der Waals surface area contributed by atoms with Crippen molar-refractivity contribution >= 4 is 28.6 Å². The summed E-state index contributed by atoms with van der Waals surface area (Å²) in [4.78, 5) is 29.5. The van der Waals surface area contributed by atoms with Gasteiger partial charge in [-0.2, -0.15) is 0 Å². The molecule has 0 aliphatic rings. The van der Waals surface area contributed by atoms with E-state index in [1.807, 2.05) is 53.8 Å². The highest BCUT2D eigenvalue weighted by Gasteiger charge is 2.25. The van der Waals surface area contributed by atoms with Crippen molar-refractivity contribution < 1.29 is 9.90 Å². The molecule has 0 aliphatic carbocycles. The molecule has 1 heterocycles. The Morgan fingerprint density at radius 1 is 1.40 bits per heavy atom. The summed E-state index contributed by atoms with van der Waals surface area (Å²) in [6, 6.07) is 7.66. The Balaban J connectivity index is 2.37. The summed E-state index contributed by atoms with van der Waals surface area (Å²) in [5.41, 5.74) is 2.01. The first-order valence-electron chi connectivity index (χ1n) is 6.00. The van der Waals surface area contributed by atoms with Crippen molar-refractivity contribution in [1.82, 2.24) is 9.97 Å². The van der Waals surface area contributed by atoms with E-state index < -0.39 is 11.9 Å². The highest BCUT2D eigenvalue weighted by Crippen LogP contribution is 2.22. The lowest BCUT2D eigenvalue weighted by molar-refractivity contribution is -0.138. The zero-order valence-corrected chi connectivity index (χ0v) is 12.9. The van der Waals surface area contributed by atoms with Crippen molar-refractivity contribution in [2.75, 3.05) is 0 Å². The van der Waals surface area contributed by atoms with Crippen LogP contribution in [0.4, 0.5) is 0 Å². The maximum atomic E-state index is 11.6. The number of nitrogens with one attached hydrogen (secondary N) is 1. The lowest BCUT2D eigenvalue weighted by Crippen LogP contribution is -2.22. The van der Waals surface area contributed by atoms with Gasteiger partial charge in [0.1, 0.15) is 9.49 Å². The minimum Gasteiger partial charge on any atom is -0.481 e. The summed E-state index contributed by atoms with van der Waals surface area (Å²) < 4.78 is 0.324. The molecule has 0 fully saturated rings. The van der Waals surface area contributed by atoms with E-state index in [0.717, 1.165) is 11.1 Å². The third-order valence-electron chi connectivity index (χ3n) is 3.01. The third kappa shape index (κ3) is 3.24. The van der Waals surface area contributed by atoms with Gasteiger partial charge in [-0.15, -0.1) is 0 Å². The van der Waals surface area contributed by atoms with Gasteiger partial charge in [0.05, 0.1) is 12.0 Å². The van der Waals surface area contributed by atoms with E-state index in [4.69, 9.17) is 0 Å². The van der Waals surface area contributed by atoms with E-state index >= 15 is 0 Å². The summed E-state index contributed by atoms with van der Waals surface area (Å²) in [5.74, 6) is -1.81. The average molecular weight is 384 g/mol. The SMILES string of the molecule is Cc1ccc(CC(C(=O)O)c2nc[nH]c(=O)c2I)cc1. The van der Waals surface area contributed by atoms with Crippen LogP contribution in [0.1, 0.15) is 22.7 Å². The molecule has 5 nitrogen and oxygen atoms in total. The van der Waals surface area contributed by atoms with Crippen LogP contribution < -0.4 is 5.56 Å². The highest BCUT2D eigenvalue weighted by atomic mass is 127. The van der Waals surface area contributed by atoms with Gasteiger partial charge < -0.3 is 10.1 Å². The second-order valence-corrected chi connectivity index (χ2v) is 5.59. The molecule has 0 spiro atoms. The number of aliphatic carboxylic acids is 1. The zero-order chi connectivity index (χ0) is 14.7. The van der Waals surface area contributed by atoms with Crippen LogP contribution in [-0.4, -0.2) is 21.0 Å². The van der Waals surface area contributed by atoms with Crippen LogP contribution in [0, 0.1) is 10.5 Å². The summed E-state index contributed by atoms with van der Waals surface area (Å²) in [5, 5.41) is 9.40. The molecule has 1 atom stereocenters. The minimum atomic E-state index is -0.985. The molecular weight excluding hydrogens is 371 g/mol. The maximum Gasteiger partial charge on any atom is 0.312 e. The van der Waals surface area contributed by atoms with Crippen molar-refractivity contribution in [3.05, 3.63) is 61.3 Å². The number of benzene rings is 1. The standard InChI is InChI=1S/C14H13IN2O3/c1-8-2-4-9(5-3-8)6-10(14(19)20)12-11(15)13(18)17-7-16-12/h2-5,7,10H,6H2,1H3,(H,19,20)(H,16,17,18). The van der Waals surface area contributed by atoms with Crippen LogP contribution in [0.3, 0.4) is 0 Å². The first-order valence-corrected chi connectivity index (χ1v) is 7.08. The maximum absolute atomic E-state index is 11.6. The number of hydrogen-bond acceptors (Lipinski definition) is 3. The Kier molecular flexibility index (Phi) is 4.53. The Morgan fingerprint density at radius 2 is 2.05 bits per heavy atom. The fraction of sp³-hybridized carbons (Fsp3) is 0.214. The molecule has 2 aromatic rings. The molecule has 0 radical (unpaired) electrons. The number of aryl methyl sites for hydroxylation is 1. The number of carboxylic acid groups (broad SMARTS) is 1. The molecule has 1 aromatic heterocycles. The number of H-pyrrole nitrogens is 1. The highest BCUT2D eigenvalue weighted by molar-refractivity contribution is 14.1. The fourth-order valence-corrected chi connectivity index (χ4v) is 2.57. The first kappa shape index (κ1) is 14.7. The topological polar surface area (TPSA) is 83.0 Å². The Labute approximate surface area is 129 Å². The quantitative estimate of drug-likeness (QED) is 0.791. The van der Waals surface area contributed by atoms with E-state index in [1.165, 1.54) is 6.33 Å². The van der Waals surface area contributed by atoms with Crippen LogP contribution in [-0.2, 0) is 11.2 Å². The molecule has 0 saturated heterocycles. The first-order chi connectivity index (χ1) is 9.49. The van der Waals surface area contributed by atoms with Crippen LogP contribution in [0.15, 0.2) is 35.4 Å². The number of carboxylic acids is 1. The van der Waals surface area contributed by atoms with Gasteiger partial charge in [-0.1, -0.05) is 29.8 Å². The van der Waals surface area contributed by atoms with Crippen molar-refractivity contribution in [1.29, 1.82) is 0 Å². The lowest BCUT2D eigenvalue weighted by atomic mass is 9.95. The Bertz CT molecular complexity index is 680. The molecule has 0 saturated carbocycles. The molecule has 1 unspecified atom stereocenters. The van der Waals surface area contributed by atoms with Gasteiger partial charge in [-0.25, -0.2) is 4.98 Å². The van der Waals surface area contributed by atoms with E-state index in [-0.39, 0.29) is 5.56 Å². The van der Waals surface area contributed by atoms with Gasteiger partial charge >= 0.3 is 5.97 Å². The summed E-state index contributed by atoms with van der Waals surface area (Å²) in [6.45, 7) is 1.97. The number of rotatable bonds is 4. The van der Waals surface area contributed by atoms with Crippen molar-refractivity contribution in [3.8, 4) is 0 Å². The van der Waals surface area contributed by atoms with Crippen LogP contribution in [0.25, 0.3) is 0 Å². The van der Waals surface area contributed by atoms with Crippen LogP contribution >= 0.6 is 22.6 Å². The monoisotopic (exact) mass is 384 g/mol. The summed E-state index contributed by atoms with van der Waals surface area (Å²) >= 11 is 1.83. The molecule has 1 aromatic carbocycles. The second kappa shape index (κ2) is 6.17. The average Bonchev–Trinajstić information content (AvgIpc) is 2.41. The van der Waals surface area contributed by atoms with E-state index in [1.54, 1.807) is 0 Å². The lowest BCUT2D eigenvalue weighted by Gasteiger charge is -2.13. The summed E-state index contributed by atoms with van der Waals surface area (Å²) in [7, 11) is 0. The van der Waals surface area contributed by atoms with Gasteiger partial charge in [-0.05, 0) is 41.5 Å². The molecule has 0 amide bonds. The normalized spacial score (nSPS) is 12.1. The molecule has 2 rings (SSSR count). The van der Waals surface area contributed by atoms with E-state index in [0.29, 0.717) is 15.7 Å². The van der Waals surface area contributed by atoms with E-state index in [2.05, 4.69) is 9.97 Å². The largest absolute Gasteiger partial charge is 0.481 e. The number of aromatic nitrogens is 2. The molecular formula is C14H13IN2O3. The van der Waals surface area contributed by atoms with Gasteiger partial charge in [0.25, 0.3) is 5.56 Å². The fourth-order valence-electron chi connectivity index (χ4n) is 1.90. The summed E-state index contributed by atoms with van der Waals surface area (Å²) in [6.07, 6.45) is 1.55. The Morgan fingerprint density at radius 3 is 2.65 bits per heavy atom. The van der Waals surface area contributed by atoms with Crippen molar-refractivity contribution in [2.45, 2.75) is 19.3 Å². The number of halogens is 1. The number of hydrogen-bond donors (Lipinski definition) is 2. The van der Waals surface area contributed by atoms with Crippen molar-refractivity contribution in [2.24, 2.45) is 0 Å². The second-order valence-electron chi connectivity index (χ2n) is 4.51. The number of nitrogens with zero attached hydrogens (tertiary/aromatic N) is 1. The molecule has 0 aliphatic heterocycles. The molecule has 2 N–H and O–H groups in total. The van der Waals surface area contributed by atoms with Crippen LogP contribution in [0.5, 0.6) is 0 Å². The smallest absolute Gasteiger partial charge is 0.312 e. The number of carbonyl (C=O) groups is 1. The van der Waals surface area contributed by atoms with Crippen molar-refractivity contribution in [3.63, 3.8) is 0 Å². The number of aromatic amines is 1. The Hall–Kier alpha value is -1.70. The van der Waals surface area contributed by atoms with E-state index in [9.17, 15) is 14.7 Å².